The fourth-order valence-corrected chi connectivity index (χ4v) is 1.72. The summed E-state index contributed by atoms with van der Waals surface area (Å²) in [7, 11) is 0. The van der Waals surface area contributed by atoms with Crippen molar-refractivity contribution in [3.63, 3.8) is 0 Å². The van der Waals surface area contributed by atoms with Crippen molar-refractivity contribution in [3.8, 4) is 0 Å². The van der Waals surface area contributed by atoms with Crippen LogP contribution >= 0.6 is 0 Å². The molecule has 0 radical (unpaired) electrons. The Kier molecular flexibility index (Phi) is 2.97. The fourth-order valence-electron chi connectivity index (χ4n) is 1.72. The van der Waals surface area contributed by atoms with Gasteiger partial charge in [-0.15, -0.1) is 0 Å². The Hall–Kier alpha value is -2.44. The lowest BCUT2D eigenvalue weighted by atomic mass is 9.90. The number of aromatic nitrogens is 2. The highest BCUT2D eigenvalue weighted by atomic mass is 16.2. The van der Waals surface area contributed by atoms with Crippen molar-refractivity contribution in [2.45, 2.75) is 26.2 Å². The van der Waals surface area contributed by atoms with Crippen LogP contribution in [0, 0.1) is 0 Å². The molecular weight excluding hydrogens is 248 g/mol. The standard InChI is InChI=1S/C12H14N4O3/c1-12(2,3)8-6(13-5-14-8)4-7-9(17)16-11(19)10(18)15-7/h4-5H,1-3H3,(H,13,14)(H,15,18)(H,16,17,19)/b7-4-. The summed E-state index contributed by atoms with van der Waals surface area (Å²) in [5, 5.41) is 4.19. The smallest absolute Gasteiger partial charge is 0.316 e. The van der Waals surface area contributed by atoms with Crippen molar-refractivity contribution < 1.29 is 14.4 Å². The molecule has 0 atom stereocenters. The highest BCUT2D eigenvalue weighted by molar-refractivity contribution is 6.42. The van der Waals surface area contributed by atoms with Crippen molar-refractivity contribution >= 4 is 23.8 Å². The molecule has 1 fully saturated rings. The second kappa shape index (κ2) is 4.34. The molecule has 19 heavy (non-hydrogen) atoms. The Balaban J connectivity index is 2.37. The topological polar surface area (TPSA) is 104 Å². The van der Waals surface area contributed by atoms with Crippen LogP contribution in [0.15, 0.2) is 12.0 Å². The van der Waals surface area contributed by atoms with Gasteiger partial charge < -0.3 is 10.3 Å². The third-order valence-corrected chi connectivity index (χ3v) is 2.63. The number of carbonyl (C=O) groups excluding carboxylic acids is 3. The largest absolute Gasteiger partial charge is 0.348 e. The van der Waals surface area contributed by atoms with E-state index in [1.54, 1.807) is 0 Å². The molecule has 7 heteroatoms. The van der Waals surface area contributed by atoms with Crippen LogP contribution in [-0.2, 0) is 19.8 Å². The molecule has 1 aliphatic rings. The van der Waals surface area contributed by atoms with Gasteiger partial charge in [0, 0.05) is 11.1 Å². The maximum absolute atomic E-state index is 11.6. The molecule has 1 aromatic rings. The minimum atomic E-state index is -0.958. The van der Waals surface area contributed by atoms with Gasteiger partial charge in [0.25, 0.3) is 5.91 Å². The van der Waals surface area contributed by atoms with Gasteiger partial charge in [-0.2, -0.15) is 0 Å². The van der Waals surface area contributed by atoms with Crippen molar-refractivity contribution in [1.29, 1.82) is 0 Å². The van der Waals surface area contributed by atoms with Crippen molar-refractivity contribution in [2.75, 3.05) is 0 Å². The first-order chi connectivity index (χ1) is 8.79. The molecule has 3 N–H and O–H groups in total. The fraction of sp³-hybridized carbons (Fsp3) is 0.333. The van der Waals surface area contributed by atoms with Crippen LogP contribution < -0.4 is 10.6 Å². The average Bonchev–Trinajstić information content (AvgIpc) is 2.73. The molecule has 0 spiro atoms. The summed E-state index contributed by atoms with van der Waals surface area (Å²) in [5.41, 5.74) is 1.20. The van der Waals surface area contributed by atoms with Crippen LogP contribution in [0.1, 0.15) is 32.2 Å². The van der Waals surface area contributed by atoms with Crippen molar-refractivity contribution in [3.05, 3.63) is 23.4 Å². The summed E-state index contributed by atoms with van der Waals surface area (Å²) in [5.74, 6) is -2.47. The number of imide groups is 1. The average molecular weight is 262 g/mol. The number of carbonyl (C=O) groups is 3. The Labute approximate surface area is 109 Å². The van der Waals surface area contributed by atoms with Crippen molar-refractivity contribution in [1.82, 2.24) is 20.6 Å². The molecule has 0 unspecified atom stereocenters. The predicted octanol–water partition coefficient (Wildman–Crippen LogP) is -0.179. The second-order valence-electron chi connectivity index (χ2n) is 5.21. The zero-order valence-corrected chi connectivity index (χ0v) is 10.8. The van der Waals surface area contributed by atoms with Gasteiger partial charge in [0.2, 0.25) is 0 Å². The number of hydrogen-bond acceptors (Lipinski definition) is 4. The lowest BCUT2D eigenvalue weighted by Gasteiger charge is -2.18. The summed E-state index contributed by atoms with van der Waals surface area (Å²) in [6.45, 7) is 5.97. The van der Waals surface area contributed by atoms with Crippen LogP contribution in [0.3, 0.4) is 0 Å². The first-order valence-electron chi connectivity index (χ1n) is 5.71. The third-order valence-electron chi connectivity index (χ3n) is 2.63. The first kappa shape index (κ1) is 13.0. The van der Waals surface area contributed by atoms with E-state index in [0.29, 0.717) is 5.69 Å². The zero-order chi connectivity index (χ0) is 14.2. The second-order valence-corrected chi connectivity index (χ2v) is 5.21. The lowest BCUT2D eigenvalue weighted by molar-refractivity contribution is -0.143. The molecule has 0 bridgehead atoms. The molecule has 2 heterocycles. The SMILES string of the molecule is CC(C)(C)c1[nH]cnc1/C=C1\NC(=O)C(=O)NC1=O. The van der Waals surface area contributed by atoms with Crippen LogP contribution in [0.25, 0.3) is 6.08 Å². The Morgan fingerprint density at radius 3 is 2.32 bits per heavy atom. The van der Waals surface area contributed by atoms with Gasteiger partial charge in [-0.25, -0.2) is 4.98 Å². The van der Waals surface area contributed by atoms with E-state index in [1.807, 2.05) is 26.1 Å². The first-order valence-corrected chi connectivity index (χ1v) is 5.71. The number of imidazole rings is 1. The molecule has 1 aliphatic heterocycles. The number of H-pyrrole nitrogens is 1. The minimum Gasteiger partial charge on any atom is -0.348 e. The molecule has 1 aromatic heterocycles. The Bertz CT molecular complexity index is 592. The predicted molar refractivity (Wildman–Crippen MR) is 66.6 cm³/mol. The molecule has 3 amide bonds. The van der Waals surface area contributed by atoms with Crippen LogP contribution in [0.5, 0.6) is 0 Å². The van der Waals surface area contributed by atoms with E-state index in [4.69, 9.17) is 0 Å². The molecular formula is C12H14N4O3. The van der Waals surface area contributed by atoms with E-state index in [9.17, 15) is 14.4 Å². The quantitative estimate of drug-likeness (QED) is 0.371. The third kappa shape index (κ3) is 2.54. The van der Waals surface area contributed by atoms with Gasteiger partial charge in [0.1, 0.15) is 5.70 Å². The van der Waals surface area contributed by atoms with Crippen LogP contribution in [-0.4, -0.2) is 27.7 Å². The number of nitrogens with zero attached hydrogens (tertiary/aromatic N) is 1. The lowest BCUT2D eigenvalue weighted by Crippen LogP contribution is -2.51. The molecule has 0 aromatic carbocycles. The van der Waals surface area contributed by atoms with Crippen LogP contribution in [0.4, 0.5) is 0 Å². The van der Waals surface area contributed by atoms with E-state index < -0.39 is 17.7 Å². The Morgan fingerprint density at radius 1 is 1.05 bits per heavy atom. The minimum absolute atomic E-state index is 0.00204. The van der Waals surface area contributed by atoms with E-state index >= 15 is 0 Å². The molecule has 100 valence electrons. The van der Waals surface area contributed by atoms with E-state index in [-0.39, 0.29) is 11.1 Å². The highest BCUT2D eigenvalue weighted by Gasteiger charge is 2.28. The van der Waals surface area contributed by atoms with Crippen LogP contribution in [0.2, 0.25) is 0 Å². The van der Waals surface area contributed by atoms with E-state index in [0.717, 1.165) is 5.69 Å². The summed E-state index contributed by atoms with van der Waals surface area (Å²) in [6, 6.07) is 0. The molecule has 2 rings (SSSR count). The summed E-state index contributed by atoms with van der Waals surface area (Å²) < 4.78 is 0. The van der Waals surface area contributed by atoms with Gasteiger partial charge in [-0.3, -0.25) is 19.7 Å². The number of rotatable bonds is 1. The van der Waals surface area contributed by atoms with Gasteiger partial charge in [0.15, 0.2) is 0 Å². The molecule has 0 saturated carbocycles. The molecule has 0 aliphatic carbocycles. The maximum atomic E-state index is 11.6. The highest BCUT2D eigenvalue weighted by Crippen LogP contribution is 2.24. The number of aromatic amines is 1. The normalized spacial score (nSPS) is 18.5. The number of nitrogens with one attached hydrogen (secondary N) is 3. The monoisotopic (exact) mass is 262 g/mol. The Morgan fingerprint density at radius 2 is 1.68 bits per heavy atom. The van der Waals surface area contributed by atoms with Gasteiger partial charge in [0.05, 0.1) is 12.0 Å². The summed E-state index contributed by atoms with van der Waals surface area (Å²) in [4.78, 5) is 40.9. The number of piperazine rings is 1. The molecule has 1 saturated heterocycles. The van der Waals surface area contributed by atoms with E-state index in [1.165, 1.54) is 12.4 Å². The number of amides is 3. The van der Waals surface area contributed by atoms with Gasteiger partial charge in [-0.05, 0) is 6.08 Å². The molecule has 7 nitrogen and oxygen atoms in total. The maximum Gasteiger partial charge on any atom is 0.316 e. The van der Waals surface area contributed by atoms with E-state index in [2.05, 4.69) is 15.3 Å². The summed E-state index contributed by atoms with van der Waals surface area (Å²) >= 11 is 0. The van der Waals surface area contributed by atoms with Crippen molar-refractivity contribution in [2.24, 2.45) is 0 Å². The summed E-state index contributed by atoms with van der Waals surface area (Å²) in [6.07, 6.45) is 2.96. The zero-order valence-electron chi connectivity index (χ0n) is 10.8. The van der Waals surface area contributed by atoms with Gasteiger partial charge in [-0.1, -0.05) is 20.8 Å². The number of hydrogen-bond donors (Lipinski definition) is 3. The van der Waals surface area contributed by atoms with Gasteiger partial charge >= 0.3 is 11.8 Å².